The highest BCUT2D eigenvalue weighted by Crippen LogP contribution is 2.27. The second kappa shape index (κ2) is 13.8. The minimum Gasteiger partial charge on any atom is -0.444 e. The van der Waals surface area contributed by atoms with Crippen molar-refractivity contribution in [3.05, 3.63) is 34.9 Å². The van der Waals surface area contributed by atoms with Gasteiger partial charge in [-0.25, -0.2) is 4.79 Å². The summed E-state index contributed by atoms with van der Waals surface area (Å²) in [5.74, 6) is -1.38. The molecule has 0 aliphatic heterocycles. The summed E-state index contributed by atoms with van der Waals surface area (Å²) < 4.78 is 5.35. The first-order valence-corrected chi connectivity index (χ1v) is 12.6. The van der Waals surface area contributed by atoms with Gasteiger partial charge in [-0.05, 0) is 72.4 Å². The number of unbranched alkanes of at least 4 members (excludes halogenated alkanes) is 1. The predicted octanol–water partition coefficient (Wildman–Crippen LogP) is 3.66. The molecule has 0 heterocycles. The first-order valence-electron chi connectivity index (χ1n) is 12.6. The number of carbonyl (C=O) groups is 4. The molecular weight excluding hydrogens is 460 g/mol. The summed E-state index contributed by atoms with van der Waals surface area (Å²) in [6.07, 6.45) is 0.537. The molecule has 0 saturated carbocycles. The standard InChI is InChI=1S/C27H44N4O5/c1-9-10-15-31(23(24(33)29-17(2)3)20-12-11-18(4)16-19(20)5)25(34)21(13-14-22(28)32)30-26(35)36-27(6,7)8/h11-12,16-17,21,23H,9-10,13-15H2,1-8H3,(H2,28,32)(H,29,33)(H,30,35). The fraction of sp³-hybridized carbons (Fsp3) is 0.630. The van der Waals surface area contributed by atoms with Crippen LogP contribution in [-0.4, -0.2) is 52.9 Å². The summed E-state index contributed by atoms with van der Waals surface area (Å²) in [5, 5.41) is 5.54. The Hall–Kier alpha value is -3.10. The normalized spacial score (nSPS) is 13.0. The van der Waals surface area contributed by atoms with E-state index in [9.17, 15) is 19.2 Å². The predicted molar refractivity (Wildman–Crippen MR) is 140 cm³/mol. The van der Waals surface area contributed by atoms with Gasteiger partial charge in [0.25, 0.3) is 0 Å². The number of hydrogen-bond acceptors (Lipinski definition) is 5. The molecule has 36 heavy (non-hydrogen) atoms. The van der Waals surface area contributed by atoms with E-state index < -0.39 is 35.6 Å². The molecule has 9 nitrogen and oxygen atoms in total. The van der Waals surface area contributed by atoms with Crippen LogP contribution < -0.4 is 16.4 Å². The largest absolute Gasteiger partial charge is 0.444 e. The number of carbonyl (C=O) groups excluding carboxylic acids is 4. The second-order valence-electron chi connectivity index (χ2n) is 10.5. The highest BCUT2D eigenvalue weighted by Gasteiger charge is 2.36. The van der Waals surface area contributed by atoms with Crippen molar-refractivity contribution in [2.24, 2.45) is 5.73 Å². The Kier molecular flexibility index (Phi) is 11.9. The van der Waals surface area contributed by atoms with Crippen molar-refractivity contribution >= 4 is 23.8 Å². The lowest BCUT2D eigenvalue weighted by Crippen LogP contribution is -2.54. The van der Waals surface area contributed by atoms with Crippen LogP contribution in [0.2, 0.25) is 0 Å². The third kappa shape index (κ3) is 10.3. The number of primary amides is 1. The van der Waals surface area contributed by atoms with Crippen molar-refractivity contribution < 1.29 is 23.9 Å². The van der Waals surface area contributed by atoms with E-state index in [1.165, 1.54) is 4.90 Å². The van der Waals surface area contributed by atoms with Gasteiger partial charge in [-0.1, -0.05) is 37.1 Å². The van der Waals surface area contributed by atoms with Gasteiger partial charge in [0.2, 0.25) is 17.7 Å². The molecule has 1 aromatic rings. The highest BCUT2D eigenvalue weighted by atomic mass is 16.6. The van der Waals surface area contributed by atoms with Crippen molar-refractivity contribution in [3.8, 4) is 0 Å². The number of ether oxygens (including phenoxy) is 1. The zero-order valence-electron chi connectivity index (χ0n) is 23.1. The monoisotopic (exact) mass is 504 g/mol. The molecule has 0 aliphatic rings. The number of hydrogen-bond donors (Lipinski definition) is 3. The molecule has 0 saturated heterocycles. The van der Waals surface area contributed by atoms with Crippen LogP contribution in [0.1, 0.15) is 90.0 Å². The molecule has 202 valence electrons. The summed E-state index contributed by atoms with van der Waals surface area (Å²) in [6.45, 7) is 15.0. The molecule has 0 spiro atoms. The fourth-order valence-corrected chi connectivity index (χ4v) is 3.84. The van der Waals surface area contributed by atoms with Crippen LogP contribution >= 0.6 is 0 Å². The van der Waals surface area contributed by atoms with E-state index in [0.29, 0.717) is 18.5 Å². The van der Waals surface area contributed by atoms with E-state index in [2.05, 4.69) is 10.6 Å². The van der Waals surface area contributed by atoms with Gasteiger partial charge in [0.05, 0.1) is 0 Å². The van der Waals surface area contributed by atoms with E-state index in [0.717, 1.165) is 17.5 Å². The summed E-state index contributed by atoms with van der Waals surface area (Å²) in [7, 11) is 0. The molecule has 0 aliphatic carbocycles. The van der Waals surface area contributed by atoms with Crippen LogP contribution in [0.4, 0.5) is 4.79 Å². The fourth-order valence-electron chi connectivity index (χ4n) is 3.84. The average Bonchev–Trinajstić information content (AvgIpc) is 2.72. The smallest absolute Gasteiger partial charge is 0.408 e. The molecule has 4 amide bonds. The Morgan fingerprint density at radius 2 is 1.72 bits per heavy atom. The summed E-state index contributed by atoms with van der Waals surface area (Å²) in [4.78, 5) is 53.1. The third-order valence-corrected chi connectivity index (χ3v) is 5.41. The van der Waals surface area contributed by atoms with E-state index in [1.807, 2.05) is 52.8 Å². The Labute approximate surface area is 215 Å². The van der Waals surface area contributed by atoms with Crippen molar-refractivity contribution in [2.75, 3.05) is 6.54 Å². The summed E-state index contributed by atoms with van der Waals surface area (Å²) in [6, 6.07) is 3.59. The maximum absolute atomic E-state index is 14.0. The number of benzene rings is 1. The quantitative estimate of drug-likeness (QED) is 0.400. The molecule has 9 heteroatoms. The first-order chi connectivity index (χ1) is 16.7. The molecule has 2 unspecified atom stereocenters. The van der Waals surface area contributed by atoms with Gasteiger partial charge in [0.1, 0.15) is 17.7 Å². The molecule has 0 radical (unpaired) electrons. The minimum atomic E-state index is -1.09. The Morgan fingerprint density at radius 3 is 2.22 bits per heavy atom. The van der Waals surface area contributed by atoms with Crippen molar-refractivity contribution in [1.82, 2.24) is 15.5 Å². The van der Waals surface area contributed by atoms with Crippen LogP contribution in [0.3, 0.4) is 0 Å². The Morgan fingerprint density at radius 1 is 1.08 bits per heavy atom. The zero-order valence-corrected chi connectivity index (χ0v) is 23.1. The number of nitrogens with two attached hydrogens (primary N) is 1. The number of alkyl carbamates (subject to hydrolysis) is 1. The Bertz CT molecular complexity index is 923. The van der Waals surface area contributed by atoms with Gasteiger partial charge in [-0.15, -0.1) is 0 Å². The van der Waals surface area contributed by atoms with Crippen LogP contribution in [0.25, 0.3) is 0 Å². The number of nitrogens with zero attached hydrogens (tertiary/aromatic N) is 1. The third-order valence-electron chi connectivity index (χ3n) is 5.41. The average molecular weight is 505 g/mol. The molecule has 0 fully saturated rings. The van der Waals surface area contributed by atoms with E-state index >= 15 is 0 Å². The molecule has 2 atom stereocenters. The molecule has 1 rings (SSSR count). The van der Waals surface area contributed by atoms with Crippen molar-refractivity contribution in [1.29, 1.82) is 0 Å². The van der Waals surface area contributed by atoms with Crippen LogP contribution in [0.5, 0.6) is 0 Å². The number of aryl methyl sites for hydroxylation is 2. The topological polar surface area (TPSA) is 131 Å². The van der Waals surface area contributed by atoms with E-state index in [4.69, 9.17) is 10.5 Å². The van der Waals surface area contributed by atoms with Gasteiger partial charge in [-0.2, -0.15) is 0 Å². The zero-order chi connectivity index (χ0) is 27.6. The summed E-state index contributed by atoms with van der Waals surface area (Å²) in [5.41, 5.74) is 7.19. The molecular formula is C27H44N4O5. The molecule has 4 N–H and O–H groups in total. The lowest BCUT2D eigenvalue weighted by atomic mass is 9.95. The van der Waals surface area contributed by atoms with Crippen LogP contribution in [-0.2, 0) is 19.1 Å². The number of nitrogens with one attached hydrogen (secondary N) is 2. The van der Waals surface area contributed by atoms with Gasteiger partial charge in [0.15, 0.2) is 0 Å². The van der Waals surface area contributed by atoms with Gasteiger partial charge in [-0.3, -0.25) is 14.4 Å². The van der Waals surface area contributed by atoms with E-state index in [1.54, 1.807) is 20.8 Å². The first kappa shape index (κ1) is 30.9. The van der Waals surface area contributed by atoms with Crippen LogP contribution in [0, 0.1) is 13.8 Å². The van der Waals surface area contributed by atoms with E-state index in [-0.39, 0.29) is 24.8 Å². The summed E-state index contributed by atoms with van der Waals surface area (Å²) >= 11 is 0. The second-order valence-corrected chi connectivity index (χ2v) is 10.5. The van der Waals surface area contributed by atoms with Crippen molar-refractivity contribution in [3.63, 3.8) is 0 Å². The van der Waals surface area contributed by atoms with Gasteiger partial charge < -0.3 is 26.0 Å². The lowest BCUT2D eigenvalue weighted by Gasteiger charge is -2.35. The molecule has 1 aromatic carbocycles. The van der Waals surface area contributed by atoms with Crippen molar-refractivity contribution in [2.45, 2.75) is 105 Å². The maximum Gasteiger partial charge on any atom is 0.408 e. The molecule has 0 aromatic heterocycles. The minimum absolute atomic E-state index is 0.0125. The Balaban J connectivity index is 3.53. The van der Waals surface area contributed by atoms with Gasteiger partial charge in [0, 0.05) is 19.0 Å². The highest BCUT2D eigenvalue weighted by molar-refractivity contribution is 5.92. The number of amides is 4. The maximum atomic E-state index is 14.0. The SMILES string of the molecule is CCCCN(C(=O)C(CCC(N)=O)NC(=O)OC(C)(C)C)C(C(=O)NC(C)C)c1ccc(C)cc1C. The lowest BCUT2D eigenvalue weighted by molar-refractivity contribution is -0.143. The molecule has 0 bridgehead atoms. The number of rotatable bonds is 12. The van der Waals surface area contributed by atoms with Crippen LogP contribution in [0.15, 0.2) is 18.2 Å². The van der Waals surface area contributed by atoms with Gasteiger partial charge >= 0.3 is 6.09 Å².